The van der Waals surface area contributed by atoms with Crippen molar-refractivity contribution in [2.75, 3.05) is 0 Å². The van der Waals surface area contributed by atoms with Gasteiger partial charge in [0, 0.05) is 0 Å². The van der Waals surface area contributed by atoms with Crippen molar-refractivity contribution in [3.05, 3.63) is 34.1 Å². The number of hydrogen-bond donors (Lipinski definition) is 1. The molecule has 0 aliphatic heterocycles. The number of carbonyl (C=O) groups is 1. The van der Waals surface area contributed by atoms with Crippen LogP contribution in [0.4, 0.5) is 4.39 Å². The lowest BCUT2D eigenvalue weighted by atomic mass is 9.97. The minimum Gasteiger partial charge on any atom is -0.382 e. The summed E-state index contributed by atoms with van der Waals surface area (Å²) in [4.78, 5) is 11.5. The molecule has 0 amide bonds. The van der Waals surface area contributed by atoms with Crippen LogP contribution in [0.5, 0.6) is 0 Å². The highest BCUT2D eigenvalue weighted by Crippen LogP contribution is 2.22. The quantitative estimate of drug-likeness (QED) is 0.830. The van der Waals surface area contributed by atoms with Crippen LogP contribution in [0.3, 0.4) is 0 Å². The molecule has 0 aromatic heterocycles. The highest BCUT2D eigenvalue weighted by molar-refractivity contribution is 9.10. The molecule has 4 heteroatoms. The Kier molecular flexibility index (Phi) is 3.07. The van der Waals surface area contributed by atoms with Crippen molar-refractivity contribution in [1.82, 2.24) is 0 Å². The number of Topliss-reactive ketones (excluding diaryl/α,β-unsaturated/α-hetero) is 1. The zero-order valence-corrected chi connectivity index (χ0v) is 9.43. The van der Waals surface area contributed by atoms with Crippen LogP contribution in [0.25, 0.3) is 0 Å². The van der Waals surface area contributed by atoms with Gasteiger partial charge in [-0.25, -0.2) is 4.39 Å². The summed E-state index contributed by atoms with van der Waals surface area (Å²) in [5.41, 5.74) is -1.66. The molecule has 76 valence electrons. The van der Waals surface area contributed by atoms with Crippen molar-refractivity contribution < 1.29 is 14.3 Å². The molecule has 0 unspecified atom stereocenters. The van der Waals surface area contributed by atoms with Gasteiger partial charge in [0.15, 0.2) is 5.78 Å². The average Bonchev–Trinajstić information content (AvgIpc) is 2.07. The molecule has 0 spiro atoms. The Hall–Kier alpha value is -0.740. The number of rotatable bonds is 2. The fourth-order valence-corrected chi connectivity index (χ4v) is 1.37. The molecule has 0 atom stereocenters. The number of ketones is 1. The second-order valence-corrected chi connectivity index (χ2v) is 4.34. The van der Waals surface area contributed by atoms with Crippen LogP contribution >= 0.6 is 15.9 Å². The summed E-state index contributed by atoms with van der Waals surface area (Å²) >= 11 is 2.97. The molecule has 1 N–H and O–H groups in total. The smallest absolute Gasteiger partial charge is 0.196 e. The lowest BCUT2D eigenvalue weighted by Crippen LogP contribution is -2.31. The zero-order chi connectivity index (χ0) is 10.9. The first kappa shape index (κ1) is 11.3. The van der Waals surface area contributed by atoms with Crippen molar-refractivity contribution >= 4 is 21.7 Å². The molecular formula is C10H10BrFO2. The highest BCUT2D eigenvalue weighted by Gasteiger charge is 2.28. The molecule has 0 aliphatic rings. The minimum absolute atomic E-state index is 0.105. The standard InChI is InChI=1S/C10H10BrFO2/c1-10(2,14)9(13)6-4-3-5-7(11)8(6)12/h3-5,14H,1-2H3. The first-order valence-electron chi connectivity index (χ1n) is 4.05. The molecule has 1 aromatic rings. The van der Waals surface area contributed by atoms with E-state index in [0.29, 0.717) is 0 Å². The van der Waals surface area contributed by atoms with Crippen LogP contribution in [0.2, 0.25) is 0 Å². The monoisotopic (exact) mass is 260 g/mol. The van der Waals surface area contributed by atoms with Crippen molar-refractivity contribution in [3.63, 3.8) is 0 Å². The van der Waals surface area contributed by atoms with E-state index in [2.05, 4.69) is 15.9 Å². The molecule has 14 heavy (non-hydrogen) atoms. The topological polar surface area (TPSA) is 37.3 Å². The molecule has 0 saturated heterocycles. The lowest BCUT2D eigenvalue weighted by molar-refractivity contribution is 0.0483. The van der Waals surface area contributed by atoms with Crippen LogP contribution in [-0.4, -0.2) is 16.5 Å². The van der Waals surface area contributed by atoms with E-state index in [1.54, 1.807) is 6.07 Å². The van der Waals surface area contributed by atoms with Gasteiger partial charge in [0.1, 0.15) is 11.4 Å². The van der Waals surface area contributed by atoms with Crippen LogP contribution in [0.15, 0.2) is 22.7 Å². The average molecular weight is 261 g/mol. The number of hydrogen-bond acceptors (Lipinski definition) is 2. The van der Waals surface area contributed by atoms with E-state index in [9.17, 15) is 14.3 Å². The van der Waals surface area contributed by atoms with Gasteiger partial charge in [-0.3, -0.25) is 4.79 Å². The summed E-state index contributed by atoms with van der Waals surface area (Å²) in [7, 11) is 0. The predicted molar refractivity (Wildman–Crippen MR) is 54.7 cm³/mol. The van der Waals surface area contributed by atoms with E-state index < -0.39 is 17.2 Å². The number of benzene rings is 1. The normalized spacial score (nSPS) is 11.5. The van der Waals surface area contributed by atoms with E-state index in [4.69, 9.17) is 0 Å². The second kappa shape index (κ2) is 3.79. The summed E-state index contributed by atoms with van der Waals surface area (Å²) in [6.45, 7) is 2.66. The fourth-order valence-electron chi connectivity index (χ4n) is 1.01. The summed E-state index contributed by atoms with van der Waals surface area (Å²) in [5, 5.41) is 9.42. The van der Waals surface area contributed by atoms with Gasteiger partial charge < -0.3 is 5.11 Å². The maximum absolute atomic E-state index is 13.4. The van der Waals surface area contributed by atoms with Gasteiger partial charge in [0.2, 0.25) is 0 Å². The third-order valence-corrected chi connectivity index (χ3v) is 2.36. The van der Waals surface area contributed by atoms with Gasteiger partial charge in [-0.05, 0) is 41.9 Å². The SMILES string of the molecule is CC(C)(O)C(=O)c1cccc(Br)c1F. The summed E-state index contributed by atoms with van der Waals surface area (Å²) < 4.78 is 13.6. The van der Waals surface area contributed by atoms with Gasteiger partial charge in [-0.1, -0.05) is 6.07 Å². The summed E-state index contributed by atoms with van der Waals surface area (Å²) in [6.07, 6.45) is 0. The molecule has 0 fully saturated rings. The molecule has 0 heterocycles. The van der Waals surface area contributed by atoms with Crippen LogP contribution < -0.4 is 0 Å². The van der Waals surface area contributed by atoms with E-state index in [0.717, 1.165) is 0 Å². The number of halogens is 2. The van der Waals surface area contributed by atoms with Crippen molar-refractivity contribution in [1.29, 1.82) is 0 Å². The Morgan fingerprint density at radius 3 is 2.57 bits per heavy atom. The third-order valence-electron chi connectivity index (χ3n) is 1.75. The number of carbonyl (C=O) groups excluding carboxylic acids is 1. The molecule has 0 bridgehead atoms. The predicted octanol–water partition coefficient (Wildman–Crippen LogP) is 2.54. The van der Waals surface area contributed by atoms with Crippen molar-refractivity contribution in [2.45, 2.75) is 19.4 Å². The Morgan fingerprint density at radius 1 is 1.50 bits per heavy atom. The van der Waals surface area contributed by atoms with Crippen molar-refractivity contribution in [2.24, 2.45) is 0 Å². The van der Waals surface area contributed by atoms with Gasteiger partial charge in [0.25, 0.3) is 0 Å². The third kappa shape index (κ3) is 2.19. The second-order valence-electron chi connectivity index (χ2n) is 3.49. The van der Waals surface area contributed by atoms with Crippen LogP contribution in [0.1, 0.15) is 24.2 Å². The molecular weight excluding hydrogens is 251 g/mol. The van der Waals surface area contributed by atoms with E-state index in [1.165, 1.54) is 26.0 Å². The molecule has 2 nitrogen and oxygen atoms in total. The van der Waals surface area contributed by atoms with Gasteiger partial charge in [-0.15, -0.1) is 0 Å². The van der Waals surface area contributed by atoms with Gasteiger partial charge >= 0.3 is 0 Å². The minimum atomic E-state index is -1.55. The fraction of sp³-hybridized carbons (Fsp3) is 0.300. The van der Waals surface area contributed by atoms with Gasteiger partial charge in [0.05, 0.1) is 10.0 Å². The summed E-state index contributed by atoms with van der Waals surface area (Å²) in [5.74, 6) is -1.27. The van der Waals surface area contributed by atoms with E-state index >= 15 is 0 Å². The molecule has 0 radical (unpaired) electrons. The largest absolute Gasteiger partial charge is 0.382 e. The maximum atomic E-state index is 13.4. The molecule has 1 aromatic carbocycles. The van der Waals surface area contributed by atoms with E-state index in [1.807, 2.05) is 0 Å². The Bertz CT molecular complexity index is 369. The Balaban J connectivity index is 3.21. The summed E-state index contributed by atoms with van der Waals surface area (Å²) in [6, 6.07) is 4.39. The number of aliphatic hydroxyl groups is 1. The van der Waals surface area contributed by atoms with Crippen LogP contribution in [0, 0.1) is 5.82 Å². The van der Waals surface area contributed by atoms with Gasteiger partial charge in [-0.2, -0.15) is 0 Å². The molecule has 0 saturated carbocycles. The highest BCUT2D eigenvalue weighted by atomic mass is 79.9. The first-order valence-corrected chi connectivity index (χ1v) is 4.84. The van der Waals surface area contributed by atoms with Crippen molar-refractivity contribution in [3.8, 4) is 0 Å². The molecule has 0 aliphatic carbocycles. The maximum Gasteiger partial charge on any atom is 0.196 e. The first-order chi connectivity index (χ1) is 6.34. The van der Waals surface area contributed by atoms with Crippen LogP contribution in [-0.2, 0) is 0 Å². The molecule has 1 rings (SSSR count). The Morgan fingerprint density at radius 2 is 2.07 bits per heavy atom. The lowest BCUT2D eigenvalue weighted by Gasteiger charge is -2.15. The zero-order valence-electron chi connectivity index (χ0n) is 7.84. The van der Waals surface area contributed by atoms with E-state index in [-0.39, 0.29) is 10.0 Å². The Labute approximate surface area is 89.9 Å².